The molecule has 2 N–H and O–H groups in total. The van der Waals surface area contributed by atoms with Gasteiger partial charge in [0.2, 0.25) is 0 Å². The zero-order chi connectivity index (χ0) is 17.1. The summed E-state index contributed by atoms with van der Waals surface area (Å²) < 4.78 is 10.5. The van der Waals surface area contributed by atoms with E-state index in [4.69, 9.17) is 9.15 Å². The average Bonchev–Trinajstić information content (AvgIpc) is 3.03. The van der Waals surface area contributed by atoms with Crippen molar-refractivity contribution in [1.82, 2.24) is 10.3 Å². The molecule has 6 nitrogen and oxygen atoms in total. The summed E-state index contributed by atoms with van der Waals surface area (Å²) in [5.41, 5.74) is 1.98. The lowest BCUT2D eigenvalue weighted by Crippen LogP contribution is -2.27. The van der Waals surface area contributed by atoms with E-state index < -0.39 is 5.97 Å². The summed E-state index contributed by atoms with van der Waals surface area (Å²) >= 11 is 0. The number of aryl methyl sites for hydroxylation is 2. The molecule has 124 valence electrons. The van der Waals surface area contributed by atoms with Gasteiger partial charge in [0.15, 0.2) is 0 Å². The van der Waals surface area contributed by atoms with Crippen LogP contribution in [0.2, 0.25) is 0 Å². The second-order valence-electron chi connectivity index (χ2n) is 5.49. The first-order valence-corrected chi connectivity index (χ1v) is 7.58. The van der Waals surface area contributed by atoms with E-state index in [1.54, 1.807) is 20.8 Å². The second kappa shape index (κ2) is 6.73. The van der Waals surface area contributed by atoms with Gasteiger partial charge in [-0.1, -0.05) is 0 Å². The number of hydrogen-bond donors (Lipinski definition) is 2. The van der Waals surface area contributed by atoms with E-state index in [-0.39, 0.29) is 11.9 Å². The Balaban J connectivity index is 2.20. The minimum atomic E-state index is -0.424. The number of rotatable bonds is 5. The molecule has 1 atom stereocenters. The molecule has 0 spiro atoms. The predicted octanol–water partition coefficient (Wildman–Crippen LogP) is 3.20. The number of furan rings is 1. The standard InChI is InChI=1S/C17H22N2O4/c1-6-22-17(21)14-10(3)15(18-12(14)5)16(20)19-11(4)13-8-7-9(2)23-13/h7-8,11,18H,6H2,1-5H3,(H,19,20). The van der Waals surface area contributed by atoms with Gasteiger partial charge in [0.05, 0.1) is 18.2 Å². The van der Waals surface area contributed by atoms with E-state index in [2.05, 4.69) is 10.3 Å². The van der Waals surface area contributed by atoms with Crippen molar-refractivity contribution in [3.05, 3.63) is 46.2 Å². The molecular weight excluding hydrogens is 296 g/mol. The molecule has 23 heavy (non-hydrogen) atoms. The van der Waals surface area contributed by atoms with Crippen LogP contribution in [-0.4, -0.2) is 23.5 Å². The molecule has 2 aromatic rings. The lowest BCUT2D eigenvalue weighted by molar-refractivity contribution is 0.0525. The Kier molecular flexibility index (Phi) is 4.93. The van der Waals surface area contributed by atoms with E-state index in [1.807, 2.05) is 26.0 Å². The minimum Gasteiger partial charge on any atom is -0.464 e. The molecule has 0 aromatic carbocycles. The maximum absolute atomic E-state index is 12.5. The number of hydrogen-bond acceptors (Lipinski definition) is 4. The van der Waals surface area contributed by atoms with E-state index in [0.717, 1.165) is 5.76 Å². The van der Waals surface area contributed by atoms with Crippen LogP contribution < -0.4 is 5.32 Å². The van der Waals surface area contributed by atoms with Crippen molar-refractivity contribution >= 4 is 11.9 Å². The quantitative estimate of drug-likeness (QED) is 0.829. The molecule has 0 saturated heterocycles. The van der Waals surface area contributed by atoms with Crippen LogP contribution in [0.15, 0.2) is 16.5 Å². The summed E-state index contributed by atoms with van der Waals surface area (Å²) in [6.07, 6.45) is 0. The summed E-state index contributed by atoms with van der Waals surface area (Å²) in [6, 6.07) is 3.41. The molecule has 2 aromatic heterocycles. The first kappa shape index (κ1) is 16.9. The number of aromatic nitrogens is 1. The monoisotopic (exact) mass is 318 g/mol. The summed E-state index contributed by atoms with van der Waals surface area (Å²) in [6.45, 7) is 9.20. The normalized spacial score (nSPS) is 12.0. The fourth-order valence-electron chi connectivity index (χ4n) is 2.51. The van der Waals surface area contributed by atoms with Crippen LogP contribution in [0.5, 0.6) is 0 Å². The molecule has 0 saturated carbocycles. The number of carbonyl (C=O) groups is 2. The van der Waals surface area contributed by atoms with Gasteiger partial charge in [-0.25, -0.2) is 4.79 Å². The largest absolute Gasteiger partial charge is 0.464 e. The van der Waals surface area contributed by atoms with Crippen LogP contribution in [0, 0.1) is 20.8 Å². The van der Waals surface area contributed by atoms with E-state index in [9.17, 15) is 9.59 Å². The first-order chi connectivity index (χ1) is 10.8. The SMILES string of the molecule is CCOC(=O)c1c(C)[nH]c(C(=O)NC(C)c2ccc(C)o2)c1C. The van der Waals surface area contributed by atoms with E-state index >= 15 is 0 Å². The molecule has 1 amide bonds. The topological polar surface area (TPSA) is 84.3 Å². The lowest BCUT2D eigenvalue weighted by atomic mass is 10.1. The van der Waals surface area contributed by atoms with Crippen LogP contribution in [0.1, 0.15) is 63.5 Å². The van der Waals surface area contributed by atoms with E-state index in [0.29, 0.717) is 34.9 Å². The highest BCUT2D eigenvalue weighted by Crippen LogP contribution is 2.21. The molecule has 0 bridgehead atoms. The highest BCUT2D eigenvalue weighted by Gasteiger charge is 2.24. The third-order valence-electron chi connectivity index (χ3n) is 3.68. The van der Waals surface area contributed by atoms with Crippen molar-refractivity contribution in [2.45, 2.75) is 40.7 Å². The van der Waals surface area contributed by atoms with Gasteiger partial charge in [0, 0.05) is 5.69 Å². The number of aromatic amines is 1. The highest BCUT2D eigenvalue weighted by molar-refractivity contribution is 6.00. The third-order valence-corrected chi connectivity index (χ3v) is 3.68. The van der Waals surface area contributed by atoms with Crippen LogP contribution in [0.3, 0.4) is 0 Å². The highest BCUT2D eigenvalue weighted by atomic mass is 16.5. The van der Waals surface area contributed by atoms with Crippen LogP contribution in [0.4, 0.5) is 0 Å². The van der Waals surface area contributed by atoms with Crippen molar-refractivity contribution in [2.75, 3.05) is 6.61 Å². The maximum Gasteiger partial charge on any atom is 0.340 e. The van der Waals surface area contributed by atoms with Crippen LogP contribution in [0.25, 0.3) is 0 Å². The molecule has 2 heterocycles. The molecule has 2 rings (SSSR count). The maximum atomic E-state index is 12.5. The number of H-pyrrole nitrogens is 1. The molecule has 0 radical (unpaired) electrons. The molecule has 6 heteroatoms. The van der Waals surface area contributed by atoms with Crippen molar-refractivity contribution < 1.29 is 18.7 Å². The van der Waals surface area contributed by atoms with Crippen molar-refractivity contribution in [3.63, 3.8) is 0 Å². The molecule has 0 fully saturated rings. The van der Waals surface area contributed by atoms with Gasteiger partial charge in [-0.2, -0.15) is 0 Å². The van der Waals surface area contributed by atoms with Gasteiger partial charge in [-0.05, 0) is 52.3 Å². The van der Waals surface area contributed by atoms with Gasteiger partial charge in [-0.3, -0.25) is 4.79 Å². The Morgan fingerprint density at radius 2 is 2.00 bits per heavy atom. The van der Waals surface area contributed by atoms with Crippen molar-refractivity contribution in [2.24, 2.45) is 0 Å². The molecule has 0 aliphatic heterocycles. The average molecular weight is 318 g/mol. The fraction of sp³-hybridized carbons (Fsp3) is 0.412. The summed E-state index contributed by atoms with van der Waals surface area (Å²) in [4.78, 5) is 27.4. The Morgan fingerprint density at radius 1 is 1.30 bits per heavy atom. The Bertz CT molecular complexity index is 727. The predicted molar refractivity (Wildman–Crippen MR) is 85.5 cm³/mol. The Morgan fingerprint density at radius 3 is 2.57 bits per heavy atom. The number of esters is 1. The van der Waals surface area contributed by atoms with Gasteiger partial charge >= 0.3 is 5.97 Å². The van der Waals surface area contributed by atoms with Gasteiger partial charge in [0.1, 0.15) is 17.2 Å². The lowest BCUT2D eigenvalue weighted by Gasteiger charge is -2.11. The van der Waals surface area contributed by atoms with Crippen LogP contribution >= 0.6 is 0 Å². The number of nitrogens with one attached hydrogen (secondary N) is 2. The second-order valence-corrected chi connectivity index (χ2v) is 5.49. The Labute approximate surface area is 135 Å². The van der Waals surface area contributed by atoms with Crippen molar-refractivity contribution in [3.8, 4) is 0 Å². The molecule has 0 aliphatic carbocycles. The zero-order valence-corrected chi connectivity index (χ0v) is 14.1. The van der Waals surface area contributed by atoms with Crippen LogP contribution in [-0.2, 0) is 4.74 Å². The van der Waals surface area contributed by atoms with E-state index in [1.165, 1.54) is 0 Å². The number of amides is 1. The number of carbonyl (C=O) groups excluding carboxylic acids is 2. The van der Waals surface area contributed by atoms with Gasteiger partial charge in [-0.15, -0.1) is 0 Å². The minimum absolute atomic E-state index is 0.273. The zero-order valence-electron chi connectivity index (χ0n) is 14.1. The Hall–Kier alpha value is -2.50. The number of ether oxygens (including phenoxy) is 1. The van der Waals surface area contributed by atoms with Gasteiger partial charge in [0.25, 0.3) is 5.91 Å². The molecular formula is C17H22N2O4. The summed E-state index contributed by atoms with van der Waals surface area (Å²) in [5.74, 6) is 0.759. The molecule has 0 aliphatic rings. The molecule has 1 unspecified atom stereocenters. The van der Waals surface area contributed by atoms with Crippen molar-refractivity contribution in [1.29, 1.82) is 0 Å². The first-order valence-electron chi connectivity index (χ1n) is 7.58. The summed E-state index contributed by atoms with van der Waals surface area (Å²) in [7, 11) is 0. The van der Waals surface area contributed by atoms with Gasteiger partial charge < -0.3 is 19.5 Å². The smallest absolute Gasteiger partial charge is 0.340 e. The fourth-order valence-corrected chi connectivity index (χ4v) is 2.51. The summed E-state index contributed by atoms with van der Waals surface area (Å²) in [5, 5.41) is 2.86. The third kappa shape index (κ3) is 3.47.